The first-order chi connectivity index (χ1) is 22.7. The van der Waals surface area contributed by atoms with Gasteiger partial charge in [0.1, 0.15) is 67.5 Å². The van der Waals surface area contributed by atoms with Gasteiger partial charge in [0, 0.05) is 0 Å². The number of nitrogens with one attached hydrogen (secondary N) is 2. The van der Waals surface area contributed by atoms with Crippen LogP contribution < -0.4 is 10.6 Å². The number of amides is 2. The molecule has 2 saturated heterocycles. The highest BCUT2D eigenvalue weighted by molar-refractivity contribution is 5.90. The van der Waals surface area contributed by atoms with Crippen LogP contribution in [-0.4, -0.2) is 154 Å². The van der Waals surface area contributed by atoms with Crippen molar-refractivity contribution < 1.29 is 78.6 Å². The van der Waals surface area contributed by atoms with Crippen LogP contribution in [0.15, 0.2) is 30.3 Å². The molecule has 1 aromatic carbocycles. The van der Waals surface area contributed by atoms with E-state index in [1.807, 2.05) is 0 Å². The maximum Gasteiger partial charge on any atom is 0.408 e. The third kappa shape index (κ3) is 9.79. The van der Waals surface area contributed by atoms with E-state index in [1.54, 1.807) is 44.2 Å². The highest BCUT2D eigenvalue weighted by atomic mass is 16.8. The predicted molar refractivity (Wildman–Crippen MR) is 159 cm³/mol. The van der Waals surface area contributed by atoms with E-state index in [1.165, 1.54) is 6.92 Å². The molecule has 2 heterocycles. The van der Waals surface area contributed by atoms with Gasteiger partial charge in [-0.3, -0.25) is 4.79 Å². The Balaban J connectivity index is 1.87. The monoisotopic (exact) mass is 690 g/mol. The fourth-order valence-electron chi connectivity index (χ4n) is 5.09. The summed E-state index contributed by atoms with van der Waals surface area (Å²) in [5.74, 6) is -2.11. The molecule has 0 saturated carbocycles. The van der Waals surface area contributed by atoms with E-state index in [9.17, 15) is 50.1 Å². The van der Waals surface area contributed by atoms with E-state index >= 15 is 0 Å². The molecule has 3 rings (SSSR count). The molecule has 0 aromatic heterocycles. The van der Waals surface area contributed by atoms with Crippen LogP contribution >= 0.6 is 0 Å². The molecule has 2 aliphatic heterocycles. The lowest BCUT2D eigenvalue weighted by atomic mass is 9.97. The smallest absolute Gasteiger partial charge is 0.408 e. The number of hydrogen-bond donors (Lipinski definition) is 9. The second-order valence-corrected chi connectivity index (χ2v) is 11.8. The van der Waals surface area contributed by atoms with Crippen LogP contribution in [0.4, 0.5) is 4.79 Å². The summed E-state index contributed by atoms with van der Waals surface area (Å²) in [6, 6.07) is 5.92. The van der Waals surface area contributed by atoms with Gasteiger partial charge in [-0.15, -0.1) is 0 Å². The first-order valence-electron chi connectivity index (χ1n) is 15.3. The van der Waals surface area contributed by atoms with Gasteiger partial charge in [0.15, 0.2) is 12.6 Å². The molecular formula is C30H46N2O16. The summed E-state index contributed by atoms with van der Waals surface area (Å²) in [4.78, 5) is 38.9. The summed E-state index contributed by atoms with van der Waals surface area (Å²) < 4.78 is 32.6. The number of aliphatic hydroxyl groups excluding tert-OH is 7. The van der Waals surface area contributed by atoms with Gasteiger partial charge < -0.3 is 74.8 Å². The molecule has 0 unspecified atom stereocenters. The lowest BCUT2D eigenvalue weighted by molar-refractivity contribution is -0.371. The van der Waals surface area contributed by atoms with Gasteiger partial charge in [0.25, 0.3) is 0 Å². The Morgan fingerprint density at radius 2 is 1.38 bits per heavy atom. The number of rotatable bonds is 14. The van der Waals surface area contributed by atoms with Gasteiger partial charge in [-0.25, -0.2) is 9.59 Å². The van der Waals surface area contributed by atoms with E-state index in [4.69, 9.17) is 28.4 Å². The van der Waals surface area contributed by atoms with E-state index < -0.39 is 117 Å². The zero-order valence-corrected chi connectivity index (χ0v) is 26.9. The number of alkyl carbamates (subject to hydrolysis) is 1. The molecule has 2 fully saturated rings. The van der Waals surface area contributed by atoms with Crippen LogP contribution in [-0.2, 0) is 44.6 Å². The fourth-order valence-corrected chi connectivity index (χ4v) is 5.09. The van der Waals surface area contributed by atoms with Gasteiger partial charge in [-0.2, -0.15) is 0 Å². The third-order valence-corrected chi connectivity index (χ3v) is 7.97. The van der Waals surface area contributed by atoms with Crippen molar-refractivity contribution in [3.05, 3.63) is 35.9 Å². The molecule has 272 valence electrons. The van der Waals surface area contributed by atoms with Crippen molar-refractivity contribution in [2.24, 2.45) is 5.92 Å². The maximum atomic E-state index is 13.6. The summed E-state index contributed by atoms with van der Waals surface area (Å²) in [6.45, 7) is 2.88. The minimum absolute atomic E-state index is 0.157. The van der Waals surface area contributed by atoms with Crippen LogP contribution in [0, 0.1) is 5.92 Å². The Bertz CT molecular complexity index is 1170. The summed E-state index contributed by atoms with van der Waals surface area (Å²) in [7, 11) is 1.14. The van der Waals surface area contributed by atoms with Crippen LogP contribution in [0.5, 0.6) is 0 Å². The van der Waals surface area contributed by atoms with Crippen molar-refractivity contribution in [3.8, 4) is 0 Å². The van der Waals surface area contributed by atoms with E-state index in [0.29, 0.717) is 5.56 Å². The van der Waals surface area contributed by atoms with Crippen molar-refractivity contribution in [3.63, 3.8) is 0 Å². The second-order valence-electron chi connectivity index (χ2n) is 11.8. The van der Waals surface area contributed by atoms with Gasteiger partial charge in [-0.1, -0.05) is 44.2 Å². The van der Waals surface area contributed by atoms with Crippen molar-refractivity contribution in [2.75, 3.05) is 20.3 Å². The number of methoxy groups -OCH3 is 1. The number of carbonyl (C=O) groups excluding carboxylic acids is 3. The minimum Gasteiger partial charge on any atom is -0.467 e. The average molecular weight is 691 g/mol. The van der Waals surface area contributed by atoms with E-state index in [0.717, 1.165) is 7.11 Å². The summed E-state index contributed by atoms with van der Waals surface area (Å²) >= 11 is 0. The Morgan fingerprint density at radius 1 is 0.792 bits per heavy atom. The number of esters is 1. The number of ether oxygens (including phenoxy) is 6. The highest BCUT2D eigenvalue weighted by Crippen LogP contribution is 2.30. The highest BCUT2D eigenvalue weighted by Gasteiger charge is 2.51. The van der Waals surface area contributed by atoms with Crippen LogP contribution in [0.1, 0.15) is 26.3 Å². The molecule has 1 aromatic rings. The summed E-state index contributed by atoms with van der Waals surface area (Å²) in [5.41, 5.74) is 0.648. The predicted octanol–water partition coefficient (Wildman–Crippen LogP) is -3.38. The molecule has 13 atom stereocenters. The fraction of sp³-hybridized carbons (Fsp3) is 0.700. The Hall–Kier alpha value is -3.01. The lowest BCUT2D eigenvalue weighted by Gasteiger charge is -2.46. The lowest BCUT2D eigenvalue weighted by Crippen LogP contribution is -2.65. The standard InChI is InChI=1S/C30H46N2O16/c1-13(2)18(27(41)43-4)31-26(40)19(32-30(42)44-12-15-8-6-5-7-9-15)14(3)45-29-25(23(38)21(36)17(11-34)47-29)48-28-24(39)22(37)20(35)16(10-33)46-28/h5-9,13-14,16-25,28-29,33-39H,10-12H2,1-4H3,(H,31,40)(H,32,42)/t14-,16-,17-,18+,19+,20-,21-,22+,23+,24+,25+,28-,29+/m1/s1. The number of hydrogen-bond acceptors (Lipinski definition) is 16. The summed E-state index contributed by atoms with van der Waals surface area (Å²) in [5, 5.41) is 76.6. The molecule has 9 N–H and O–H groups in total. The normalized spacial score (nSPS) is 32.5. The van der Waals surface area contributed by atoms with Gasteiger partial charge in [0.05, 0.1) is 26.4 Å². The van der Waals surface area contributed by atoms with Gasteiger partial charge in [0.2, 0.25) is 5.91 Å². The summed E-state index contributed by atoms with van der Waals surface area (Å²) in [6.07, 6.45) is -19.7. The Kier molecular flexibility index (Phi) is 14.9. The number of benzene rings is 1. The van der Waals surface area contributed by atoms with Crippen molar-refractivity contribution >= 4 is 18.0 Å². The van der Waals surface area contributed by atoms with Gasteiger partial charge in [-0.05, 0) is 18.4 Å². The average Bonchev–Trinajstić information content (AvgIpc) is 3.07. The number of aliphatic hydroxyl groups is 7. The zero-order chi connectivity index (χ0) is 35.7. The van der Waals surface area contributed by atoms with Gasteiger partial charge >= 0.3 is 12.1 Å². The molecule has 0 aliphatic carbocycles. The molecular weight excluding hydrogens is 644 g/mol. The van der Waals surface area contributed by atoms with Crippen molar-refractivity contribution in [1.29, 1.82) is 0 Å². The van der Waals surface area contributed by atoms with Crippen LogP contribution in [0.3, 0.4) is 0 Å². The maximum absolute atomic E-state index is 13.6. The zero-order valence-electron chi connectivity index (χ0n) is 26.9. The molecule has 0 radical (unpaired) electrons. The van der Waals surface area contributed by atoms with E-state index in [2.05, 4.69) is 10.6 Å². The topological polar surface area (TPSA) is 272 Å². The Morgan fingerprint density at radius 3 is 1.94 bits per heavy atom. The van der Waals surface area contributed by atoms with Crippen LogP contribution in [0.2, 0.25) is 0 Å². The first-order valence-corrected chi connectivity index (χ1v) is 15.3. The quantitative estimate of drug-likeness (QED) is 0.0862. The molecule has 48 heavy (non-hydrogen) atoms. The molecule has 18 heteroatoms. The number of carbonyl (C=O) groups is 3. The van der Waals surface area contributed by atoms with E-state index in [-0.39, 0.29) is 6.61 Å². The molecule has 18 nitrogen and oxygen atoms in total. The minimum atomic E-state index is -1.91. The van der Waals surface area contributed by atoms with Crippen molar-refractivity contribution in [2.45, 2.75) is 107 Å². The molecule has 0 spiro atoms. The third-order valence-electron chi connectivity index (χ3n) is 7.97. The Labute approximate surface area is 276 Å². The van der Waals surface area contributed by atoms with Crippen LogP contribution in [0.25, 0.3) is 0 Å². The molecule has 0 bridgehead atoms. The molecule has 2 aliphatic rings. The largest absolute Gasteiger partial charge is 0.467 e. The first kappa shape index (κ1) is 39.4. The van der Waals surface area contributed by atoms with Crippen molar-refractivity contribution in [1.82, 2.24) is 10.6 Å². The SMILES string of the molecule is COC(=O)[C@@H](NC(=O)[C@@H](NC(=O)OCc1ccccc1)[C@@H](C)O[C@H]1O[C@H](CO)[C@@H](O)[C@H](O)[C@@H]1O[C@H]1O[C@H](CO)[C@@H](O)[C@H](O)[C@@H]1O)C(C)C. The second kappa shape index (κ2) is 18.1. The molecule has 2 amide bonds.